The van der Waals surface area contributed by atoms with Crippen LogP contribution in [-0.2, 0) is 15.1 Å². The predicted octanol–water partition coefficient (Wildman–Crippen LogP) is 2.61. The smallest absolute Gasteiger partial charge is 0.344 e. The summed E-state index contributed by atoms with van der Waals surface area (Å²) in [6.45, 7) is -5.87. The number of nitrogens with one attached hydrogen (secondary N) is 1. The molecule has 0 aromatic heterocycles. The van der Waals surface area contributed by atoms with Gasteiger partial charge >= 0.3 is 5.97 Å². The fourth-order valence-corrected chi connectivity index (χ4v) is 3.15. The van der Waals surface area contributed by atoms with Crippen LogP contribution in [0, 0.1) is 17.8 Å². The third kappa shape index (κ3) is 4.59. The monoisotopic (exact) mass is 334 g/mol. The molecule has 1 aliphatic carbocycles. The van der Waals surface area contributed by atoms with E-state index in [-0.39, 0.29) is 19.1 Å². The van der Waals surface area contributed by atoms with Gasteiger partial charge in [0.2, 0.25) is 0 Å². The lowest BCUT2D eigenvalue weighted by molar-refractivity contribution is -0.174. The molecule has 1 aromatic rings. The number of esters is 1. The standard InChI is InChI=1S/C20H27NO3/c1-2-21-15-9-10-16-24-19(22)20(23,17-11-5-3-6-12-17)18-13-7-4-8-14-18/h3,5-6,11-12,18,21,23H,2,4,7-8,13-16H2,1H3/t20-/m0/s1/i1D3,2D2. The second-order valence-corrected chi connectivity index (χ2v) is 5.88. The number of rotatable bonds is 6. The summed E-state index contributed by atoms with van der Waals surface area (Å²) < 4.78 is 41.4. The lowest BCUT2D eigenvalue weighted by atomic mass is 9.73. The summed E-state index contributed by atoms with van der Waals surface area (Å²) in [7, 11) is 0. The van der Waals surface area contributed by atoms with Gasteiger partial charge in [0.25, 0.3) is 0 Å². The van der Waals surface area contributed by atoms with Crippen LogP contribution in [0.3, 0.4) is 0 Å². The molecule has 130 valence electrons. The first-order chi connectivity index (χ1) is 13.6. The van der Waals surface area contributed by atoms with Crippen LogP contribution in [-0.4, -0.2) is 30.7 Å². The minimum absolute atomic E-state index is 0.214. The fourth-order valence-electron chi connectivity index (χ4n) is 3.15. The van der Waals surface area contributed by atoms with Gasteiger partial charge in [-0.25, -0.2) is 4.79 Å². The van der Waals surface area contributed by atoms with E-state index in [1.165, 1.54) is 0 Å². The highest BCUT2D eigenvalue weighted by atomic mass is 16.5. The highest BCUT2D eigenvalue weighted by Gasteiger charge is 2.46. The Kier molecular flexibility index (Phi) is 4.94. The van der Waals surface area contributed by atoms with E-state index in [0.717, 1.165) is 32.1 Å². The third-order valence-corrected chi connectivity index (χ3v) is 4.39. The van der Waals surface area contributed by atoms with Crippen LogP contribution in [0.15, 0.2) is 30.3 Å². The molecule has 0 amide bonds. The Bertz CT molecular complexity index is 736. The van der Waals surface area contributed by atoms with Crippen LogP contribution >= 0.6 is 0 Å². The molecule has 0 unspecified atom stereocenters. The third-order valence-electron chi connectivity index (χ3n) is 4.39. The van der Waals surface area contributed by atoms with Crippen molar-refractivity contribution in [1.29, 1.82) is 0 Å². The highest BCUT2D eigenvalue weighted by molar-refractivity contribution is 5.81. The molecule has 4 nitrogen and oxygen atoms in total. The minimum Gasteiger partial charge on any atom is -0.450 e. The van der Waals surface area contributed by atoms with E-state index in [4.69, 9.17) is 11.6 Å². The van der Waals surface area contributed by atoms with Crippen LogP contribution in [0.2, 0.25) is 0 Å². The van der Waals surface area contributed by atoms with Crippen molar-refractivity contribution in [2.45, 2.75) is 44.6 Å². The molecule has 24 heavy (non-hydrogen) atoms. The van der Waals surface area contributed by atoms with E-state index in [1.807, 2.05) is 6.07 Å². The number of aliphatic hydroxyl groups is 1. The average Bonchev–Trinajstić information content (AvgIpc) is 2.70. The molecular formula is C20H27NO3. The van der Waals surface area contributed by atoms with Gasteiger partial charge in [-0.1, -0.05) is 68.3 Å². The molecule has 1 aliphatic rings. The molecule has 0 heterocycles. The Balaban J connectivity index is 1.99. The zero-order valence-corrected chi connectivity index (χ0v) is 13.7. The first-order valence-electron chi connectivity index (χ1n) is 10.7. The average molecular weight is 334 g/mol. The summed E-state index contributed by atoms with van der Waals surface area (Å²) in [6, 6.07) is 8.76. The molecule has 1 saturated carbocycles. The molecule has 0 saturated heterocycles. The Morgan fingerprint density at radius 3 is 2.83 bits per heavy atom. The van der Waals surface area contributed by atoms with Crippen LogP contribution in [0.5, 0.6) is 0 Å². The van der Waals surface area contributed by atoms with Gasteiger partial charge in [0.05, 0.1) is 6.54 Å². The zero-order chi connectivity index (χ0) is 21.5. The lowest BCUT2D eigenvalue weighted by Crippen LogP contribution is -2.45. The maximum atomic E-state index is 12.8. The van der Waals surface area contributed by atoms with E-state index in [9.17, 15) is 9.90 Å². The van der Waals surface area contributed by atoms with Gasteiger partial charge < -0.3 is 15.2 Å². The maximum absolute atomic E-state index is 12.8. The highest BCUT2D eigenvalue weighted by Crippen LogP contribution is 2.40. The lowest BCUT2D eigenvalue weighted by Gasteiger charge is -2.36. The van der Waals surface area contributed by atoms with Crippen molar-refractivity contribution in [3.8, 4) is 11.8 Å². The predicted molar refractivity (Wildman–Crippen MR) is 94.2 cm³/mol. The first kappa shape index (κ1) is 12.5. The van der Waals surface area contributed by atoms with E-state index in [1.54, 1.807) is 24.3 Å². The summed E-state index contributed by atoms with van der Waals surface area (Å²) >= 11 is 0. The molecule has 0 aliphatic heterocycles. The van der Waals surface area contributed by atoms with Crippen molar-refractivity contribution in [3.63, 3.8) is 0 Å². The summed E-state index contributed by atoms with van der Waals surface area (Å²) in [5.74, 6) is 4.10. The van der Waals surface area contributed by atoms with Gasteiger partial charge in [-0.15, -0.1) is 0 Å². The molecule has 4 heteroatoms. The van der Waals surface area contributed by atoms with Crippen molar-refractivity contribution in [3.05, 3.63) is 35.9 Å². The van der Waals surface area contributed by atoms with Crippen molar-refractivity contribution < 1.29 is 21.5 Å². The molecule has 0 bridgehead atoms. The molecule has 1 atom stereocenters. The normalized spacial score (nSPS) is 21.6. The van der Waals surface area contributed by atoms with Gasteiger partial charge in [0.15, 0.2) is 12.2 Å². The summed E-state index contributed by atoms with van der Waals surface area (Å²) in [5.41, 5.74) is -1.24. The quantitative estimate of drug-likeness (QED) is 0.620. The molecule has 1 fully saturated rings. The van der Waals surface area contributed by atoms with Crippen molar-refractivity contribution in [2.75, 3.05) is 19.6 Å². The molecule has 0 spiro atoms. The summed E-state index contributed by atoms with van der Waals surface area (Å²) in [6.07, 6.45) is 4.45. The molecule has 2 rings (SSSR count). The number of benzene rings is 1. The van der Waals surface area contributed by atoms with E-state index >= 15 is 0 Å². The van der Waals surface area contributed by atoms with E-state index in [2.05, 4.69) is 17.2 Å². The van der Waals surface area contributed by atoms with Crippen LogP contribution in [0.25, 0.3) is 0 Å². The minimum atomic E-state index is -2.81. The van der Waals surface area contributed by atoms with Crippen LogP contribution in [0.1, 0.15) is 51.4 Å². The number of ether oxygens (including phenoxy) is 1. The summed E-state index contributed by atoms with van der Waals surface area (Å²) in [4.78, 5) is 12.8. The Morgan fingerprint density at radius 2 is 2.12 bits per heavy atom. The SMILES string of the molecule is [2H]C([2H])([2H])C([2H])([2H])NCC#CCOC(=O)[C@](O)(c1ccccc1)C1CCCCC1. The van der Waals surface area contributed by atoms with Gasteiger partial charge in [-0.2, -0.15) is 0 Å². The largest absolute Gasteiger partial charge is 0.450 e. The number of carbonyl (C=O) groups excluding carboxylic acids is 1. The Hall–Kier alpha value is -1.83. The van der Waals surface area contributed by atoms with E-state index < -0.39 is 24.9 Å². The molecule has 1 aromatic carbocycles. The van der Waals surface area contributed by atoms with Crippen molar-refractivity contribution >= 4 is 5.97 Å². The number of carbonyl (C=O) groups is 1. The van der Waals surface area contributed by atoms with Gasteiger partial charge in [0.1, 0.15) is 0 Å². The molecular weight excluding hydrogens is 302 g/mol. The number of hydrogen-bond donors (Lipinski definition) is 2. The fraction of sp³-hybridized carbons (Fsp3) is 0.550. The van der Waals surface area contributed by atoms with Gasteiger partial charge in [-0.3, -0.25) is 0 Å². The molecule has 0 radical (unpaired) electrons. The zero-order valence-electron chi connectivity index (χ0n) is 18.7. The van der Waals surface area contributed by atoms with Crippen LogP contribution < -0.4 is 5.32 Å². The molecule has 2 N–H and O–H groups in total. The topological polar surface area (TPSA) is 58.6 Å². The maximum Gasteiger partial charge on any atom is 0.344 e. The number of hydrogen-bond acceptors (Lipinski definition) is 4. The van der Waals surface area contributed by atoms with Crippen LogP contribution in [0.4, 0.5) is 0 Å². The van der Waals surface area contributed by atoms with E-state index in [0.29, 0.717) is 5.56 Å². The van der Waals surface area contributed by atoms with Crippen molar-refractivity contribution in [2.24, 2.45) is 5.92 Å². The Labute approximate surface area is 151 Å². The van der Waals surface area contributed by atoms with Gasteiger partial charge in [-0.05, 0) is 24.9 Å². The Morgan fingerprint density at radius 1 is 1.38 bits per heavy atom. The van der Waals surface area contributed by atoms with Gasteiger partial charge in [0, 0.05) is 12.8 Å². The summed E-state index contributed by atoms with van der Waals surface area (Å²) in [5, 5.41) is 13.5. The first-order valence-corrected chi connectivity index (χ1v) is 8.25. The second-order valence-electron chi connectivity index (χ2n) is 5.88. The van der Waals surface area contributed by atoms with Crippen molar-refractivity contribution in [1.82, 2.24) is 5.32 Å². The second kappa shape index (κ2) is 9.46.